The summed E-state index contributed by atoms with van der Waals surface area (Å²) >= 11 is 6.09. The SMILES string of the molecule is COc1cc(C(=O)N2CCC(C(F)(F)F)CC2)cc(Cl)c1OCC(N)=O. The Morgan fingerprint density at radius 1 is 1.31 bits per heavy atom. The molecule has 10 heteroatoms. The number of hydrogen-bond acceptors (Lipinski definition) is 4. The maximum atomic E-state index is 12.7. The Labute approximate surface area is 153 Å². The molecule has 1 aliphatic heterocycles. The summed E-state index contributed by atoms with van der Waals surface area (Å²) in [7, 11) is 1.33. The second-order valence-electron chi connectivity index (χ2n) is 5.85. The van der Waals surface area contributed by atoms with Crippen LogP contribution in [0.4, 0.5) is 13.2 Å². The van der Waals surface area contributed by atoms with Crippen LogP contribution in [0.25, 0.3) is 0 Å². The monoisotopic (exact) mass is 394 g/mol. The Bertz CT molecular complexity index is 689. The second-order valence-corrected chi connectivity index (χ2v) is 6.26. The third-order valence-electron chi connectivity index (χ3n) is 4.08. The van der Waals surface area contributed by atoms with Gasteiger partial charge in [-0.05, 0) is 25.0 Å². The first-order chi connectivity index (χ1) is 12.1. The van der Waals surface area contributed by atoms with Gasteiger partial charge in [-0.25, -0.2) is 0 Å². The highest BCUT2D eigenvalue weighted by molar-refractivity contribution is 6.32. The van der Waals surface area contributed by atoms with Gasteiger partial charge in [-0.15, -0.1) is 0 Å². The number of amides is 2. The fraction of sp³-hybridized carbons (Fsp3) is 0.500. The van der Waals surface area contributed by atoms with Gasteiger partial charge in [0.1, 0.15) is 0 Å². The van der Waals surface area contributed by atoms with Gasteiger partial charge in [-0.2, -0.15) is 13.2 Å². The second kappa shape index (κ2) is 8.03. The van der Waals surface area contributed by atoms with Gasteiger partial charge in [0.05, 0.1) is 18.1 Å². The number of rotatable bonds is 5. The van der Waals surface area contributed by atoms with Crippen molar-refractivity contribution in [3.05, 3.63) is 22.7 Å². The lowest BCUT2D eigenvalue weighted by atomic mass is 9.96. The minimum absolute atomic E-state index is 0.00285. The van der Waals surface area contributed by atoms with Gasteiger partial charge in [-0.1, -0.05) is 11.6 Å². The summed E-state index contributed by atoms with van der Waals surface area (Å²) in [6.07, 6.45) is -4.53. The molecule has 1 aliphatic rings. The Balaban J connectivity index is 2.14. The van der Waals surface area contributed by atoms with Crippen molar-refractivity contribution in [2.75, 3.05) is 26.8 Å². The first-order valence-corrected chi connectivity index (χ1v) is 8.16. The van der Waals surface area contributed by atoms with Crippen LogP contribution in [0.5, 0.6) is 11.5 Å². The van der Waals surface area contributed by atoms with E-state index in [2.05, 4.69) is 0 Å². The zero-order valence-corrected chi connectivity index (χ0v) is 14.7. The normalized spacial score (nSPS) is 15.7. The molecule has 0 aromatic heterocycles. The molecule has 26 heavy (non-hydrogen) atoms. The van der Waals surface area contributed by atoms with Crippen LogP contribution >= 0.6 is 11.6 Å². The van der Waals surface area contributed by atoms with Gasteiger partial charge in [0.2, 0.25) is 0 Å². The maximum absolute atomic E-state index is 12.7. The van der Waals surface area contributed by atoms with Gasteiger partial charge in [0, 0.05) is 18.7 Å². The molecule has 1 aromatic rings. The van der Waals surface area contributed by atoms with Gasteiger partial charge in [-0.3, -0.25) is 9.59 Å². The molecule has 2 amide bonds. The molecule has 6 nitrogen and oxygen atoms in total. The molecule has 0 radical (unpaired) electrons. The number of hydrogen-bond donors (Lipinski definition) is 1. The lowest BCUT2D eigenvalue weighted by Gasteiger charge is -2.33. The Kier molecular flexibility index (Phi) is 6.22. The van der Waals surface area contributed by atoms with Crippen molar-refractivity contribution in [1.29, 1.82) is 0 Å². The molecule has 144 valence electrons. The number of benzene rings is 1. The molecule has 2 N–H and O–H groups in total. The van der Waals surface area contributed by atoms with E-state index in [4.69, 9.17) is 26.8 Å². The predicted octanol–water partition coefficient (Wildman–Crippen LogP) is 2.63. The van der Waals surface area contributed by atoms with Crippen LogP contribution in [0.15, 0.2) is 12.1 Å². The Morgan fingerprint density at radius 2 is 1.92 bits per heavy atom. The average Bonchev–Trinajstić information content (AvgIpc) is 2.58. The first kappa shape index (κ1) is 20.2. The predicted molar refractivity (Wildman–Crippen MR) is 87.4 cm³/mol. The van der Waals surface area contributed by atoms with Crippen LogP contribution in [0.2, 0.25) is 5.02 Å². The number of nitrogens with zero attached hydrogens (tertiary/aromatic N) is 1. The fourth-order valence-electron chi connectivity index (χ4n) is 2.72. The number of nitrogens with two attached hydrogens (primary N) is 1. The third-order valence-corrected chi connectivity index (χ3v) is 4.36. The van der Waals surface area contributed by atoms with E-state index in [-0.39, 0.29) is 48.0 Å². The maximum Gasteiger partial charge on any atom is 0.391 e. The van der Waals surface area contributed by atoms with Crippen LogP contribution in [-0.4, -0.2) is 49.7 Å². The Morgan fingerprint density at radius 3 is 2.42 bits per heavy atom. The van der Waals surface area contributed by atoms with Gasteiger partial charge >= 0.3 is 6.18 Å². The number of likely N-dealkylation sites (tertiary alicyclic amines) is 1. The van der Waals surface area contributed by atoms with Crippen LogP contribution in [0, 0.1) is 5.92 Å². The van der Waals surface area contributed by atoms with Crippen molar-refractivity contribution >= 4 is 23.4 Å². The number of primary amides is 1. The fourth-order valence-corrected chi connectivity index (χ4v) is 2.98. The molecule has 0 unspecified atom stereocenters. The summed E-state index contributed by atoms with van der Waals surface area (Å²) in [5.41, 5.74) is 5.17. The summed E-state index contributed by atoms with van der Waals surface area (Å²) < 4.78 is 48.5. The van der Waals surface area contributed by atoms with Crippen molar-refractivity contribution in [3.63, 3.8) is 0 Å². The van der Waals surface area contributed by atoms with Crippen molar-refractivity contribution in [1.82, 2.24) is 4.90 Å². The molecule has 1 heterocycles. The topological polar surface area (TPSA) is 81.9 Å². The quantitative estimate of drug-likeness (QED) is 0.832. The van der Waals surface area contributed by atoms with E-state index >= 15 is 0 Å². The molecule has 0 atom stereocenters. The molecule has 0 spiro atoms. The summed E-state index contributed by atoms with van der Waals surface area (Å²) in [5.74, 6) is -2.38. The number of ether oxygens (including phenoxy) is 2. The van der Waals surface area contributed by atoms with Gasteiger partial charge in [0.15, 0.2) is 18.1 Å². The van der Waals surface area contributed by atoms with E-state index < -0.39 is 30.5 Å². The molecule has 0 bridgehead atoms. The van der Waals surface area contributed by atoms with Crippen LogP contribution < -0.4 is 15.2 Å². The molecular weight excluding hydrogens is 377 g/mol. The number of alkyl halides is 3. The van der Waals surface area contributed by atoms with E-state index in [0.29, 0.717) is 0 Å². The molecule has 2 rings (SSSR count). The standard InChI is InChI=1S/C16H18ClF3N2O4/c1-25-12-7-9(6-11(17)14(12)26-8-13(21)23)15(24)22-4-2-10(3-5-22)16(18,19)20/h6-7,10H,2-5,8H2,1H3,(H2,21,23). The van der Waals surface area contributed by atoms with E-state index in [1.807, 2.05) is 0 Å². The third kappa shape index (κ3) is 4.72. The number of halogens is 4. The molecule has 0 saturated carbocycles. The lowest BCUT2D eigenvalue weighted by molar-refractivity contribution is -0.183. The zero-order chi connectivity index (χ0) is 19.5. The molecule has 0 aliphatic carbocycles. The van der Waals surface area contributed by atoms with Crippen LogP contribution in [0.3, 0.4) is 0 Å². The number of methoxy groups -OCH3 is 1. The van der Waals surface area contributed by atoms with Crippen molar-refractivity contribution in [3.8, 4) is 11.5 Å². The summed E-state index contributed by atoms with van der Waals surface area (Å²) in [5, 5.41) is 0.0270. The van der Waals surface area contributed by atoms with Crippen LogP contribution in [-0.2, 0) is 4.79 Å². The van der Waals surface area contributed by atoms with Crippen molar-refractivity contribution in [2.45, 2.75) is 19.0 Å². The van der Waals surface area contributed by atoms with E-state index in [1.165, 1.54) is 24.1 Å². The largest absolute Gasteiger partial charge is 0.493 e. The highest BCUT2D eigenvalue weighted by atomic mass is 35.5. The Hall–Kier alpha value is -2.16. The minimum Gasteiger partial charge on any atom is -0.493 e. The summed E-state index contributed by atoms with van der Waals surface area (Å²) in [6.45, 7) is -0.417. The summed E-state index contributed by atoms with van der Waals surface area (Å²) in [6, 6.07) is 2.68. The smallest absolute Gasteiger partial charge is 0.391 e. The van der Waals surface area contributed by atoms with Crippen LogP contribution in [0.1, 0.15) is 23.2 Å². The number of carbonyl (C=O) groups is 2. The lowest BCUT2D eigenvalue weighted by Crippen LogP contribution is -2.42. The molecular formula is C16H18ClF3N2O4. The van der Waals surface area contributed by atoms with E-state index in [9.17, 15) is 22.8 Å². The minimum atomic E-state index is -4.25. The van der Waals surface area contributed by atoms with Crippen molar-refractivity contribution in [2.24, 2.45) is 11.7 Å². The van der Waals surface area contributed by atoms with Crippen molar-refractivity contribution < 1.29 is 32.2 Å². The summed E-state index contributed by atoms with van der Waals surface area (Å²) in [4.78, 5) is 24.7. The van der Waals surface area contributed by atoms with Gasteiger partial charge < -0.3 is 20.1 Å². The molecule has 1 fully saturated rings. The highest BCUT2D eigenvalue weighted by Gasteiger charge is 2.41. The number of carbonyl (C=O) groups excluding carboxylic acids is 2. The van der Waals surface area contributed by atoms with E-state index in [0.717, 1.165) is 0 Å². The average molecular weight is 395 g/mol. The zero-order valence-electron chi connectivity index (χ0n) is 13.9. The highest BCUT2D eigenvalue weighted by Crippen LogP contribution is 2.38. The first-order valence-electron chi connectivity index (χ1n) is 7.78. The molecule has 1 aromatic carbocycles. The molecule has 1 saturated heterocycles. The van der Waals surface area contributed by atoms with Gasteiger partial charge in [0.25, 0.3) is 11.8 Å². The number of piperidine rings is 1. The van der Waals surface area contributed by atoms with E-state index in [1.54, 1.807) is 0 Å².